The molecule has 1 N–H and O–H groups in total. The zero-order chi connectivity index (χ0) is 16.4. The minimum atomic E-state index is -0.506. The highest BCUT2D eigenvalue weighted by atomic mass is 16.5. The lowest BCUT2D eigenvalue weighted by atomic mass is 10.3. The number of carbonyl (C=O) groups excluding carboxylic acids is 3. The Balaban J connectivity index is 4.48. The molecule has 0 aromatic carbocycles. The van der Waals surface area contributed by atoms with Crippen molar-refractivity contribution in [2.24, 2.45) is 0 Å². The third-order valence-corrected chi connectivity index (χ3v) is 2.49. The second-order valence-corrected chi connectivity index (χ2v) is 4.48. The zero-order valence-electron chi connectivity index (χ0n) is 12.6. The maximum Gasteiger partial charge on any atom is 0.333 e. The topological polar surface area (TPSA) is 75.7 Å². The van der Waals surface area contributed by atoms with Gasteiger partial charge in [-0.05, 0) is 26.0 Å². The van der Waals surface area contributed by atoms with Gasteiger partial charge in [-0.15, -0.1) is 0 Å². The van der Waals surface area contributed by atoms with Gasteiger partial charge in [0, 0.05) is 18.7 Å². The van der Waals surface area contributed by atoms with Gasteiger partial charge in [-0.25, -0.2) is 4.79 Å². The highest BCUT2D eigenvalue weighted by Crippen LogP contribution is 2.02. The fourth-order valence-electron chi connectivity index (χ4n) is 1.44. The number of nitrogens with one attached hydrogen (secondary N) is 1. The van der Waals surface area contributed by atoms with E-state index >= 15 is 0 Å². The van der Waals surface area contributed by atoms with Crippen LogP contribution in [0.1, 0.15) is 13.8 Å². The van der Waals surface area contributed by atoms with Crippen LogP contribution >= 0.6 is 0 Å². The van der Waals surface area contributed by atoms with E-state index in [2.05, 4.69) is 25.1 Å². The molecule has 0 heterocycles. The molecule has 21 heavy (non-hydrogen) atoms. The molecule has 0 saturated carbocycles. The van der Waals surface area contributed by atoms with E-state index in [0.717, 1.165) is 6.08 Å². The van der Waals surface area contributed by atoms with Gasteiger partial charge in [-0.3, -0.25) is 9.59 Å². The van der Waals surface area contributed by atoms with Crippen LogP contribution in [0.2, 0.25) is 0 Å². The maximum absolute atomic E-state index is 11.7. The standard InChI is InChI=1S/C15H22N2O4/c1-6-13(18)16-8-9-17(14(19)7-2)10-12(5)21-15(20)11(3)4/h6-7,12H,1-3,8-10H2,4-5H3,(H,16,18). The SMILES string of the molecule is C=CC(=O)NCCN(CC(C)OC(=O)C(=C)C)C(=O)C=C. The van der Waals surface area contributed by atoms with Crippen LogP contribution < -0.4 is 5.32 Å². The molecule has 2 amide bonds. The summed E-state index contributed by atoms with van der Waals surface area (Å²) in [4.78, 5) is 35.6. The van der Waals surface area contributed by atoms with Gasteiger partial charge in [-0.2, -0.15) is 0 Å². The van der Waals surface area contributed by atoms with Gasteiger partial charge in [0.05, 0.1) is 6.54 Å². The third-order valence-electron chi connectivity index (χ3n) is 2.49. The molecule has 0 aromatic heterocycles. The van der Waals surface area contributed by atoms with E-state index in [1.165, 1.54) is 11.0 Å². The van der Waals surface area contributed by atoms with Gasteiger partial charge in [-0.1, -0.05) is 19.7 Å². The summed E-state index contributed by atoms with van der Waals surface area (Å²) in [7, 11) is 0. The number of esters is 1. The second kappa shape index (κ2) is 9.52. The van der Waals surface area contributed by atoms with Crippen molar-refractivity contribution in [3.63, 3.8) is 0 Å². The molecule has 0 bridgehead atoms. The molecular formula is C15H22N2O4. The van der Waals surface area contributed by atoms with E-state index in [0.29, 0.717) is 5.57 Å². The molecule has 116 valence electrons. The summed E-state index contributed by atoms with van der Waals surface area (Å²) in [5.74, 6) is -1.13. The monoisotopic (exact) mass is 294 g/mol. The van der Waals surface area contributed by atoms with Crippen LogP contribution in [0.25, 0.3) is 0 Å². The summed E-state index contributed by atoms with van der Waals surface area (Å²) < 4.78 is 5.12. The lowest BCUT2D eigenvalue weighted by Crippen LogP contribution is -2.41. The first kappa shape index (κ1) is 18.6. The minimum Gasteiger partial charge on any atom is -0.457 e. The number of amides is 2. The Bertz CT molecular complexity index is 443. The predicted octanol–water partition coefficient (Wildman–Crippen LogP) is 0.811. The molecule has 6 nitrogen and oxygen atoms in total. The number of nitrogens with zero attached hydrogens (tertiary/aromatic N) is 1. The van der Waals surface area contributed by atoms with Crippen LogP contribution in [-0.2, 0) is 19.1 Å². The second-order valence-electron chi connectivity index (χ2n) is 4.48. The molecule has 0 radical (unpaired) electrons. The smallest absolute Gasteiger partial charge is 0.333 e. The van der Waals surface area contributed by atoms with Crippen LogP contribution in [0, 0.1) is 0 Å². The number of hydrogen-bond donors (Lipinski definition) is 1. The van der Waals surface area contributed by atoms with Crippen molar-refractivity contribution in [2.75, 3.05) is 19.6 Å². The average Bonchev–Trinajstić information content (AvgIpc) is 2.44. The zero-order valence-corrected chi connectivity index (χ0v) is 12.6. The highest BCUT2D eigenvalue weighted by Gasteiger charge is 2.17. The summed E-state index contributed by atoms with van der Waals surface area (Å²) in [6.45, 7) is 14.2. The molecule has 0 rings (SSSR count). The Morgan fingerprint density at radius 1 is 1.29 bits per heavy atom. The quantitative estimate of drug-likeness (QED) is 0.504. The molecule has 1 unspecified atom stereocenters. The van der Waals surface area contributed by atoms with Crippen molar-refractivity contribution >= 4 is 17.8 Å². The van der Waals surface area contributed by atoms with Crippen molar-refractivity contribution in [3.8, 4) is 0 Å². The van der Waals surface area contributed by atoms with E-state index in [1.807, 2.05) is 0 Å². The fourth-order valence-corrected chi connectivity index (χ4v) is 1.44. The molecular weight excluding hydrogens is 272 g/mol. The molecule has 0 aliphatic rings. The summed E-state index contributed by atoms with van der Waals surface area (Å²) in [5, 5.41) is 2.57. The Labute approximate surface area is 125 Å². The summed E-state index contributed by atoms with van der Waals surface area (Å²) in [6.07, 6.45) is 1.83. The molecule has 0 saturated heterocycles. The maximum atomic E-state index is 11.7. The molecule has 0 aromatic rings. The first-order chi connectivity index (χ1) is 9.81. The van der Waals surface area contributed by atoms with Crippen LogP contribution in [0.5, 0.6) is 0 Å². The normalized spacial score (nSPS) is 11.0. The lowest BCUT2D eigenvalue weighted by Gasteiger charge is -2.25. The summed E-state index contributed by atoms with van der Waals surface area (Å²) >= 11 is 0. The Morgan fingerprint density at radius 3 is 2.38 bits per heavy atom. The minimum absolute atomic E-state index is 0.202. The third kappa shape index (κ3) is 7.71. The van der Waals surface area contributed by atoms with Crippen molar-refractivity contribution in [2.45, 2.75) is 20.0 Å². The number of ether oxygens (including phenoxy) is 1. The molecule has 0 fully saturated rings. The molecule has 1 atom stereocenters. The number of carbonyl (C=O) groups is 3. The van der Waals surface area contributed by atoms with E-state index in [9.17, 15) is 14.4 Å². The van der Waals surface area contributed by atoms with Crippen molar-refractivity contribution in [1.29, 1.82) is 0 Å². The van der Waals surface area contributed by atoms with Gasteiger partial charge in [0.15, 0.2) is 0 Å². The number of hydrogen-bond acceptors (Lipinski definition) is 4. The van der Waals surface area contributed by atoms with Gasteiger partial charge in [0.2, 0.25) is 11.8 Å². The Hall–Kier alpha value is -2.37. The highest BCUT2D eigenvalue weighted by molar-refractivity contribution is 5.88. The van der Waals surface area contributed by atoms with Crippen LogP contribution in [0.3, 0.4) is 0 Å². The number of rotatable bonds is 9. The van der Waals surface area contributed by atoms with Crippen LogP contribution in [0.4, 0.5) is 0 Å². The molecule has 0 aliphatic carbocycles. The summed E-state index contributed by atoms with van der Waals surface area (Å²) in [6, 6.07) is 0. The Kier molecular flexibility index (Phi) is 8.45. The van der Waals surface area contributed by atoms with Gasteiger partial charge in [0.1, 0.15) is 6.10 Å². The predicted molar refractivity (Wildman–Crippen MR) is 80.4 cm³/mol. The van der Waals surface area contributed by atoms with Gasteiger partial charge >= 0.3 is 5.97 Å². The molecule has 6 heteroatoms. The van der Waals surface area contributed by atoms with Gasteiger partial charge < -0.3 is 15.0 Å². The first-order valence-electron chi connectivity index (χ1n) is 6.49. The van der Waals surface area contributed by atoms with Crippen LogP contribution in [0.15, 0.2) is 37.5 Å². The molecule has 0 spiro atoms. The Morgan fingerprint density at radius 2 is 1.90 bits per heavy atom. The van der Waals surface area contributed by atoms with E-state index in [-0.39, 0.29) is 31.4 Å². The lowest BCUT2D eigenvalue weighted by molar-refractivity contribution is -0.146. The van der Waals surface area contributed by atoms with Crippen LogP contribution in [-0.4, -0.2) is 48.4 Å². The van der Waals surface area contributed by atoms with Gasteiger partial charge in [0.25, 0.3) is 0 Å². The molecule has 0 aliphatic heterocycles. The average molecular weight is 294 g/mol. The largest absolute Gasteiger partial charge is 0.457 e. The van der Waals surface area contributed by atoms with Crippen molar-refractivity contribution in [1.82, 2.24) is 10.2 Å². The first-order valence-corrected chi connectivity index (χ1v) is 6.49. The van der Waals surface area contributed by atoms with E-state index in [4.69, 9.17) is 4.74 Å². The summed E-state index contributed by atoms with van der Waals surface area (Å²) in [5.41, 5.74) is 0.293. The van der Waals surface area contributed by atoms with E-state index in [1.54, 1.807) is 13.8 Å². The van der Waals surface area contributed by atoms with E-state index < -0.39 is 12.1 Å². The van der Waals surface area contributed by atoms with Crippen molar-refractivity contribution in [3.05, 3.63) is 37.5 Å². The fraction of sp³-hybridized carbons (Fsp3) is 0.400. The van der Waals surface area contributed by atoms with Crippen molar-refractivity contribution < 1.29 is 19.1 Å².